The molecular weight excluding hydrogens is 556 g/mol. The second-order valence-electron chi connectivity index (χ2n) is 13.0. The van der Waals surface area contributed by atoms with Gasteiger partial charge in [0.25, 0.3) is 0 Å². The van der Waals surface area contributed by atoms with Crippen molar-refractivity contribution in [1.82, 2.24) is 14.9 Å². The fraction of sp³-hybridized carbons (Fsp3) is 0.514. The minimum Gasteiger partial charge on any atom is -0.488 e. The predicted octanol–water partition coefficient (Wildman–Crippen LogP) is 4.80. The van der Waals surface area contributed by atoms with Gasteiger partial charge in [-0.25, -0.2) is 9.97 Å². The number of aryl methyl sites for hydroxylation is 2. The van der Waals surface area contributed by atoms with Gasteiger partial charge in [-0.05, 0) is 85.4 Å². The average molecular weight is 599 g/mol. The zero-order valence-electron chi connectivity index (χ0n) is 25.9. The predicted molar refractivity (Wildman–Crippen MR) is 167 cm³/mol. The molecule has 1 saturated carbocycles. The van der Waals surface area contributed by atoms with Gasteiger partial charge in [0.1, 0.15) is 12.4 Å². The van der Waals surface area contributed by atoms with Gasteiger partial charge in [-0.15, -0.1) is 0 Å². The van der Waals surface area contributed by atoms with E-state index in [4.69, 9.17) is 19.2 Å². The van der Waals surface area contributed by atoms with E-state index in [9.17, 15) is 9.90 Å². The van der Waals surface area contributed by atoms with Crippen LogP contribution in [0.25, 0.3) is 11.3 Å². The Bertz CT molecular complexity index is 1560. The van der Waals surface area contributed by atoms with Gasteiger partial charge in [0.15, 0.2) is 0 Å². The topological polar surface area (TPSA) is 97.3 Å². The van der Waals surface area contributed by atoms with E-state index in [0.29, 0.717) is 38.2 Å². The van der Waals surface area contributed by atoms with Crippen LogP contribution in [0.1, 0.15) is 47.1 Å². The Kier molecular flexibility index (Phi) is 7.80. The molecule has 4 aliphatic rings. The lowest BCUT2D eigenvalue weighted by Gasteiger charge is -2.38. The first kappa shape index (κ1) is 29.2. The summed E-state index contributed by atoms with van der Waals surface area (Å²) in [6, 6.07) is 12.9. The normalized spacial score (nSPS) is 25.0. The number of piperidine rings is 1. The first-order valence-electron chi connectivity index (χ1n) is 15.9. The van der Waals surface area contributed by atoms with Gasteiger partial charge in [0.2, 0.25) is 5.95 Å². The highest BCUT2D eigenvalue weighted by atomic mass is 16.5. The Morgan fingerprint density at radius 1 is 1.16 bits per heavy atom. The number of aliphatic carboxylic acids is 1. The number of hydrogen-bond donors (Lipinski definition) is 1. The number of carbonyl (C=O) groups is 1. The summed E-state index contributed by atoms with van der Waals surface area (Å²) in [6.07, 6.45) is 5.75. The summed E-state index contributed by atoms with van der Waals surface area (Å²) >= 11 is 0. The number of para-hydroxylation sites is 1. The second kappa shape index (κ2) is 11.8. The molecule has 0 amide bonds. The van der Waals surface area contributed by atoms with Gasteiger partial charge in [0, 0.05) is 57.8 Å². The zero-order chi connectivity index (χ0) is 30.4. The molecule has 2 aromatic carbocycles. The summed E-state index contributed by atoms with van der Waals surface area (Å²) in [4.78, 5) is 26.4. The molecule has 3 aromatic rings. The number of anilines is 1. The third kappa shape index (κ3) is 5.14. The van der Waals surface area contributed by atoms with E-state index in [1.54, 1.807) is 13.3 Å². The largest absolute Gasteiger partial charge is 0.488 e. The van der Waals surface area contributed by atoms with Crippen LogP contribution in [0.3, 0.4) is 0 Å². The van der Waals surface area contributed by atoms with Crippen molar-refractivity contribution >= 4 is 11.9 Å². The third-order valence-electron chi connectivity index (χ3n) is 10.4. The van der Waals surface area contributed by atoms with Crippen LogP contribution in [0, 0.1) is 25.2 Å². The van der Waals surface area contributed by atoms with E-state index >= 15 is 0 Å². The Labute approximate surface area is 259 Å². The number of carboxylic acids is 1. The maximum absolute atomic E-state index is 12.2. The monoisotopic (exact) mass is 598 g/mol. The third-order valence-corrected chi connectivity index (χ3v) is 10.4. The number of carboxylic acid groups (broad SMARTS) is 1. The summed E-state index contributed by atoms with van der Waals surface area (Å²) in [5.41, 5.74) is 7.32. The van der Waals surface area contributed by atoms with Crippen LogP contribution in [0.4, 0.5) is 5.95 Å². The number of rotatable bonds is 9. The first-order valence-corrected chi connectivity index (χ1v) is 15.9. The lowest BCUT2D eigenvalue weighted by Crippen LogP contribution is -2.44. The van der Waals surface area contributed by atoms with Crippen molar-refractivity contribution in [1.29, 1.82) is 0 Å². The van der Waals surface area contributed by atoms with Crippen molar-refractivity contribution in [3.05, 3.63) is 70.4 Å². The second-order valence-corrected chi connectivity index (χ2v) is 13.0. The Morgan fingerprint density at radius 2 is 2.00 bits per heavy atom. The van der Waals surface area contributed by atoms with E-state index < -0.39 is 11.4 Å². The molecule has 3 atom stereocenters. The molecule has 4 heterocycles. The van der Waals surface area contributed by atoms with Crippen LogP contribution in [-0.2, 0) is 33.8 Å². The molecule has 1 N–H and O–H groups in total. The van der Waals surface area contributed by atoms with Crippen molar-refractivity contribution in [2.24, 2.45) is 11.3 Å². The Morgan fingerprint density at radius 3 is 2.80 bits per heavy atom. The number of nitrogens with zero attached hydrogens (tertiary/aromatic N) is 4. The fourth-order valence-electron chi connectivity index (χ4n) is 7.90. The van der Waals surface area contributed by atoms with Crippen molar-refractivity contribution < 1.29 is 24.1 Å². The number of ether oxygens (including phenoxy) is 3. The number of hydrogen-bond acceptors (Lipinski definition) is 8. The van der Waals surface area contributed by atoms with Crippen molar-refractivity contribution in [2.45, 2.75) is 64.8 Å². The molecule has 0 spiro atoms. The van der Waals surface area contributed by atoms with Crippen LogP contribution in [0.5, 0.6) is 5.75 Å². The standard InChI is InChI=1S/C35H42N4O5/c1-22-5-4-6-28(30-7-11-36-34(37-30)39-18-26-17-35(26,33(40)41)31(39)21-42-3)32(22)44-20-24-15-23(2)29-19-38(12-8-25(29)16-24)27-9-13-43-14-10-27/h4-7,11,15-16,26-27,31H,8-10,12-14,17-21H2,1-3H3,(H,40,41)/t26-,31+,35+/m0/s1. The number of benzene rings is 2. The Balaban J connectivity index is 1.10. The summed E-state index contributed by atoms with van der Waals surface area (Å²) in [5.74, 6) is 0.671. The summed E-state index contributed by atoms with van der Waals surface area (Å²) in [6.45, 7) is 9.55. The van der Waals surface area contributed by atoms with Gasteiger partial charge >= 0.3 is 5.97 Å². The van der Waals surface area contributed by atoms with Crippen LogP contribution in [-0.4, -0.2) is 78.0 Å². The highest BCUT2D eigenvalue weighted by molar-refractivity contribution is 5.82. The average Bonchev–Trinajstić information content (AvgIpc) is 3.69. The highest BCUT2D eigenvalue weighted by Gasteiger charge is 2.71. The molecule has 2 saturated heterocycles. The smallest absolute Gasteiger partial charge is 0.312 e. The maximum atomic E-state index is 12.2. The minimum absolute atomic E-state index is 0.0928. The molecule has 9 heteroatoms. The molecule has 9 nitrogen and oxygen atoms in total. The molecule has 232 valence electrons. The quantitative estimate of drug-likeness (QED) is 0.373. The lowest BCUT2D eigenvalue weighted by atomic mass is 9.91. The molecule has 0 radical (unpaired) electrons. The SMILES string of the molecule is COC[C@H]1N(c2nccc(-c3cccc(C)c3OCc3cc(C)c4c(c3)CCN(C3CCOCC3)C4)n2)C[C@@H]2C[C@@]21C(=O)O. The van der Waals surface area contributed by atoms with E-state index in [1.165, 1.54) is 22.3 Å². The summed E-state index contributed by atoms with van der Waals surface area (Å²) in [5, 5.41) is 10.0. The fourth-order valence-corrected chi connectivity index (χ4v) is 7.90. The Hall–Kier alpha value is -3.53. The van der Waals surface area contributed by atoms with Gasteiger partial charge in [-0.3, -0.25) is 9.69 Å². The van der Waals surface area contributed by atoms with E-state index in [1.807, 2.05) is 23.1 Å². The molecule has 1 aromatic heterocycles. The lowest BCUT2D eigenvalue weighted by molar-refractivity contribution is -0.144. The van der Waals surface area contributed by atoms with Crippen molar-refractivity contribution in [3.8, 4) is 17.0 Å². The van der Waals surface area contributed by atoms with Crippen LogP contribution < -0.4 is 9.64 Å². The molecule has 1 aliphatic carbocycles. The highest BCUT2D eigenvalue weighted by Crippen LogP contribution is 2.62. The van der Waals surface area contributed by atoms with E-state index in [0.717, 1.165) is 68.1 Å². The van der Waals surface area contributed by atoms with Crippen LogP contribution >= 0.6 is 0 Å². The molecule has 0 bridgehead atoms. The first-order chi connectivity index (χ1) is 21.4. The molecular formula is C35H42N4O5. The van der Waals surface area contributed by atoms with E-state index in [2.05, 4.69) is 41.9 Å². The summed E-state index contributed by atoms with van der Waals surface area (Å²) < 4.78 is 17.6. The van der Waals surface area contributed by atoms with Gasteiger partial charge in [0.05, 0.1) is 23.8 Å². The van der Waals surface area contributed by atoms with Crippen molar-refractivity contribution in [3.63, 3.8) is 0 Å². The van der Waals surface area contributed by atoms with Crippen LogP contribution in [0.15, 0.2) is 42.6 Å². The summed E-state index contributed by atoms with van der Waals surface area (Å²) in [7, 11) is 1.61. The molecule has 3 fully saturated rings. The van der Waals surface area contributed by atoms with Crippen LogP contribution in [0.2, 0.25) is 0 Å². The van der Waals surface area contributed by atoms with Gasteiger partial charge in [-0.1, -0.05) is 24.3 Å². The molecule has 0 unspecified atom stereocenters. The number of methoxy groups -OCH3 is 1. The zero-order valence-corrected chi connectivity index (χ0v) is 25.9. The van der Waals surface area contributed by atoms with Crippen molar-refractivity contribution in [2.75, 3.05) is 44.9 Å². The van der Waals surface area contributed by atoms with Gasteiger partial charge < -0.3 is 24.2 Å². The maximum Gasteiger partial charge on any atom is 0.312 e. The van der Waals surface area contributed by atoms with E-state index in [-0.39, 0.29) is 12.0 Å². The minimum atomic E-state index is -0.775. The molecule has 7 rings (SSSR count). The number of aromatic nitrogens is 2. The molecule has 44 heavy (non-hydrogen) atoms. The molecule has 3 aliphatic heterocycles. The van der Waals surface area contributed by atoms with Gasteiger partial charge in [-0.2, -0.15) is 0 Å². The number of fused-ring (bicyclic) bond motifs is 2.